The zero-order valence-corrected chi connectivity index (χ0v) is 18.3. The quantitative estimate of drug-likeness (QED) is 0.440. The number of anilines is 1. The largest absolute Gasteiger partial charge is 0.494 e. The number of amides is 1. The van der Waals surface area contributed by atoms with Crippen LogP contribution in [0.15, 0.2) is 72.8 Å². The van der Waals surface area contributed by atoms with Gasteiger partial charge < -0.3 is 19.1 Å². The van der Waals surface area contributed by atoms with Crippen LogP contribution < -0.4 is 19.1 Å². The van der Waals surface area contributed by atoms with Crippen LogP contribution in [0.2, 0.25) is 0 Å². The highest BCUT2D eigenvalue weighted by Crippen LogP contribution is 2.30. The second kappa shape index (κ2) is 11.4. The van der Waals surface area contributed by atoms with Crippen LogP contribution in [-0.2, 0) is 6.61 Å². The van der Waals surface area contributed by atoms with Crippen molar-refractivity contribution in [3.05, 3.63) is 83.9 Å². The molecule has 32 heavy (non-hydrogen) atoms. The molecule has 0 saturated carbocycles. The average Bonchev–Trinajstić information content (AvgIpc) is 2.84. The molecule has 0 saturated heterocycles. The molecule has 0 unspecified atom stereocenters. The Balaban J connectivity index is 1.81. The van der Waals surface area contributed by atoms with Crippen molar-refractivity contribution in [2.75, 3.05) is 25.2 Å². The van der Waals surface area contributed by atoms with Crippen LogP contribution >= 0.6 is 0 Å². The molecule has 3 aromatic rings. The summed E-state index contributed by atoms with van der Waals surface area (Å²) in [6, 6.07) is 24.3. The average molecular weight is 431 g/mol. The molecule has 0 aliphatic heterocycles. The lowest BCUT2D eigenvalue weighted by molar-refractivity contribution is 0.0987. The van der Waals surface area contributed by atoms with Gasteiger partial charge in [-0.15, -0.1) is 0 Å². The molecule has 0 aromatic heterocycles. The number of nitrogens with zero attached hydrogens (tertiary/aromatic N) is 2. The molecule has 0 radical (unpaired) electrons. The maximum atomic E-state index is 13.3. The molecule has 0 N–H and O–H groups in total. The smallest absolute Gasteiger partial charge is 0.258 e. The van der Waals surface area contributed by atoms with Crippen molar-refractivity contribution < 1.29 is 19.0 Å². The van der Waals surface area contributed by atoms with E-state index in [0.717, 1.165) is 11.3 Å². The Kier molecular flexibility index (Phi) is 8.10. The van der Waals surface area contributed by atoms with E-state index in [4.69, 9.17) is 19.5 Å². The Labute approximate surface area is 188 Å². The van der Waals surface area contributed by atoms with Crippen molar-refractivity contribution >= 4 is 11.6 Å². The van der Waals surface area contributed by atoms with Crippen molar-refractivity contribution in [3.8, 4) is 23.3 Å². The number of carbonyl (C=O) groups is 1. The van der Waals surface area contributed by atoms with Gasteiger partial charge in [0, 0.05) is 17.8 Å². The molecule has 0 aliphatic carbocycles. The second-order valence-corrected chi connectivity index (χ2v) is 6.93. The van der Waals surface area contributed by atoms with Crippen LogP contribution in [-0.4, -0.2) is 26.2 Å². The van der Waals surface area contributed by atoms with E-state index in [1.165, 1.54) is 0 Å². The summed E-state index contributed by atoms with van der Waals surface area (Å²) in [5, 5.41) is 9.06. The minimum Gasteiger partial charge on any atom is -0.494 e. The van der Waals surface area contributed by atoms with Crippen molar-refractivity contribution in [3.63, 3.8) is 0 Å². The number of benzene rings is 3. The van der Waals surface area contributed by atoms with Gasteiger partial charge in [-0.3, -0.25) is 4.79 Å². The molecule has 164 valence electrons. The third-order valence-electron chi connectivity index (χ3n) is 4.80. The third-order valence-corrected chi connectivity index (χ3v) is 4.80. The van der Waals surface area contributed by atoms with E-state index in [9.17, 15) is 4.79 Å². The van der Waals surface area contributed by atoms with Gasteiger partial charge in [0.15, 0.2) is 11.5 Å². The van der Waals surface area contributed by atoms with Gasteiger partial charge in [-0.25, -0.2) is 0 Å². The van der Waals surface area contributed by atoms with Crippen LogP contribution in [0.3, 0.4) is 0 Å². The number of methoxy groups -OCH3 is 1. The van der Waals surface area contributed by atoms with Gasteiger partial charge in [0.05, 0.1) is 26.2 Å². The molecule has 3 rings (SSSR count). The summed E-state index contributed by atoms with van der Waals surface area (Å²) in [6.07, 6.45) is 0.217. The standard InChI is InChI=1S/C26H26N2O4/c1-3-31-23-13-11-22(12-14-23)28(17-7-16-27)26(29)21-10-15-24(25(18-21)30-2)32-19-20-8-5-4-6-9-20/h4-6,8-15,18H,3,7,17,19H2,1-2H3. The van der Waals surface area contributed by atoms with Gasteiger partial charge >= 0.3 is 0 Å². The predicted molar refractivity (Wildman–Crippen MR) is 123 cm³/mol. The lowest BCUT2D eigenvalue weighted by Gasteiger charge is -2.23. The minimum atomic E-state index is -0.225. The minimum absolute atomic E-state index is 0.217. The van der Waals surface area contributed by atoms with E-state index in [1.807, 2.05) is 61.5 Å². The molecular weight excluding hydrogens is 404 g/mol. The monoisotopic (exact) mass is 430 g/mol. The summed E-state index contributed by atoms with van der Waals surface area (Å²) in [5.74, 6) is 1.53. The molecule has 0 atom stereocenters. The molecule has 6 heteroatoms. The van der Waals surface area contributed by atoms with Gasteiger partial charge in [-0.05, 0) is 55.0 Å². The van der Waals surface area contributed by atoms with Crippen LogP contribution in [0, 0.1) is 11.3 Å². The Morgan fingerprint density at radius 1 is 0.969 bits per heavy atom. The van der Waals surface area contributed by atoms with Crippen LogP contribution in [0.5, 0.6) is 17.2 Å². The van der Waals surface area contributed by atoms with E-state index in [1.54, 1.807) is 30.2 Å². The van der Waals surface area contributed by atoms with Crippen molar-refractivity contribution in [1.29, 1.82) is 5.26 Å². The highest BCUT2D eigenvalue weighted by Gasteiger charge is 2.20. The normalized spacial score (nSPS) is 10.2. The first-order valence-electron chi connectivity index (χ1n) is 10.4. The number of hydrogen-bond donors (Lipinski definition) is 0. The summed E-state index contributed by atoms with van der Waals surface area (Å²) in [7, 11) is 1.54. The number of nitriles is 1. The van der Waals surface area contributed by atoms with Gasteiger partial charge in [0.1, 0.15) is 12.4 Å². The molecule has 3 aromatic carbocycles. The van der Waals surface area contributed by atoms with Gasteiger partial charge in [-0.2, -0.15) is 5.26 Å². The topological polar surface area (TPSA) is 71.8 Å². The Bertz CT molecular complexity index is 1060. The van der Waals surface area contributed by atoms with Gasteiger partial charge in [0.25, 0.3) is 5.91 Å². The molecule has 6 nitrogen and oxygen atoms in total. The summed E-state index contributed by atoms with van der Waals surface area (Å²) < 4.78 is 16.8. The predicted octanol–water partition coefficient (Wildman–Crippen LogP) is 5.23. The molecule has 0 heterocycles. The van der Waals surface area contributed by atoms with Crippen molar-refractivity contribution in [2.45, 2.75) is 20.0 Å². The van der Waals surface area contributed by atoms with Gasteiger partial charge in [0.2, 0.25) is 0 Å². The molecular formula is C26H26N2O4. The Hall–Kier alpha value is -3.98. The first kappa shape index (κ1) is 22.7. The Morgan fingerprint density at radius 3 is 2.38 bits per heavy atom. The fourth-order valence-corrected chi connectivity index (χ4v) is 3.21. The van der Waals surface area contributed by atoms with E-state index < -0.39 is 0 Å². The fourth-order valence-electron chi connectivity index (χ4n) is 3.21. The Morgan fingerprint density at radius 2 is 1.72 bits per heavy atom. The number of hydrogen-bond acceptors (Lipinski definition) is 5. The first-order chi connectivity index (χ1) is 15.7. The fraction of sp³-hybridized carbons (Fsp3) is 0.231. The highest BCUT2D eigenvalue weighted by atomic mass is 16.5. The number of carbonyl (C=O) groups excluding carboxylic acids is 1. The second-order valence-electron chi connectivity index (χ2n) is 6.93. The van der Waals surface area contributed by atoms with Crippen LogP contribution in [0.1, 0.15) is 29.3 Å². The molecule has 0 bridgehead atoms. The molecule has 0 aliphatic rings. The van der Waals surface area contributed by atoms with Gasteiger partial charge in [-0.1, -0.05) is 30.3 Å². The van der Waals surface area contributed by atoms with E-state index >= 15 is 0 Å². The SMILES string of the molecule is CCOc1ccc(N(CCC#N)C(=O)c2ccc(OCc3ccccc3)c(OC)c2)cc1. The summed E-state index contributed by atoms with van der Waals surface area (Å²) in [4.78, 5) is 14.9. The zero-order chi connectivity index (χ0) is 22.8. The first-order valence-corrected chi connectivity index (χ1v) is 10.4. The van der Waals surface area contributed by atoms with Crippen LogP contribution in [0.25, 0.3) is 0 Å². The van der Waals surface area contributed by atoms with E-state index in [0.29, 0.717) is 36.0 Å². The van der Waals surface area contributed by atoms with Crippen LogP contribution in [0.4, 0.5) is 5.69 Å². The lowest BCUT2D eigenvalue weighted by Crippen LogP contribution is -2.31. The zero-order valence-electron chi connectivity index (χ0n) is 18.3. The lowest BCUT2D eigenvalue weighted by atomic mass is 10.1. The molecule has 0 fully saturated rings. The number of ether oxygens (including phenoxy) is 3. The summed E-state index contributed by atoms with van der Waals surface area (Å²) in [6.45, 7) is 3.15. The molecule has 0 spiro atoms. The summed E-state index contributed by atoms with van der Waals surface area (Å²) in [5.41, 5.74) is 2.17. The third kappa shape index (κ3) is 5.79. The number of rotatable bonds is 10. The van der Waals surface area contributed by atoms with Crippen molar-refractivity contribution in [1.82, 2.24) is 0 Å². The highest BCUT2D eigenvalue weighted by molar-refractivity contribution is 6.06. The van der Waals surface area contributed by atoms with E-state index in [2.05, 4.69) is 6.07 Å². The molecule has 1 amide bonds. The maximum Gasteiger partial charge on any atom is 0.258 e. The van der Waals surface area contributed by atoms with Crippen molar-refractivity contribution in [2.24, 2.45) is 0 Å². The summed E-state index contributed by atoms with van der Waals surface area (Å²) >= 11 is 0. The maximum absolute atomic E-state index is 13.3. The van der Waals surface area contributed by atoms with E-state index in [-0.39, 0.29) is 18.9 Å².